The number of nitrogens with one attached hydrogen (secondary N) is 1. The minimum atomic E-state index is -0.0812. The van der Waals surface area contributed by atoms with Crippen LogP contribution in [0.2, 0.25) is 0 Å². The van der Waals surface area contributed by atoms with Gasteiger partial charge in [-0.2, -0.15) is 0 Å². The highest BCUT2D eigenvalue weighted by Gasteiger charge is 2.12. The molecule has 2 aromatic heterocycles. The van der Waals surface area contributed by atoms with Crippen molar-refractivity contribution < 1.29 is 9.21 Å². The summed E-state index contributed by atoms with van der Waals surface area (Å²) in [6, 6.07) is 9.69. The zero-order valence-electron chi connectivity index (χ0n) is 16.5. The number of benzene rings is 1. The summed E-state index contributed by atoms with van der Waals surface area (Å²) in [6.45, 7) is 8.17. The Morgan fingerprint density at radius 1 is 1.11 bits per heavy atom. The molecule has 7 heteroatoms. The van der Waals surface area contributed by atoms with Gasteiger partial charge in [-0.3, -0.25) is 9.78 Å². The van der Waals surface area contributed by atoms with Crippen LogP contribution in [0.15, 0.2) is 47.1 Å². The van der Waals surface area contributed by atoms with Crippen molar-refractivity contribution in [1.29, 1.82) is 0 Å². The molecule has 2 heterocycles. The number of nitrogens with zero attached hydrogens (tertiary/aromatic N) is 4. The Labute approximate surface area is 164 Å². The first-order chi connectivity index (χ1) is 13.6. The lowest BCUT2D eigenvalue weighted by Crippen LogP contribution is -2.22. The molecular formula is C21H25N5O2. The number of anilines is 2. The first kappa shape index (κ1) is 19.5. The van der Waals surface area contributed by atoms with Crippen LogP contribution in [-0.4, -0.2) is 34.2 Å². The highest BCUT2D eigenvalue weighted by Crippen LogP contribution is 2.23. The third-order valence-electron chi connectivity index (χ3n) is 4.57. The van der Waals surface area contributed by atoms with E-state index in [1.54, 1.807) is 24.5 Å². The van der Waals surface area contributed by atoms with E-state index in [9.17, 15) is 4.79 Å². The van der Waals surface area contributed by atoms with Crippen molar-refractivity contribution in [3.05, 3.63) is 54.2 Å². The molecule has 0 saturated heterocycles. The highest BCUT2D eigenvalue weighted by atomic mass is 16.4. The zero-order chi connectivity index (χ0) is 19.9. The molecule has 0 aliphatic carbocycles. The lowest BCUT2D eigenvalue weighted by Gasteiger charge is -2.22. The van der Waals surface area contributed by atoms with Gasteiger partial charge in [-0.05, 0) is 56.7 Å². The first-order valence-electron chi connectivity index (χ1n) is 9.49. The molecule has 28 heavy (non-hydrogen) atoms. The molecule has 0 radical (unpaired) electrons. The van der Waals surface area contributed by atoms with E-state index in [-0.39, 0.29) is 12.3 Å². The van der Waals surface area contributed by atoms with Crippen molar-refractivity contribution in [3.63, 3.8) is 0 Å². The van der Waals surface area contributed by atoms with Gasteiger partial charge >= 0.3 is 0 Å². The van der Waals surface area contributed by atoms with Crippen LogP contribution in [0.3, 0.4) is 0 Å². The maximum absolute atomic E-state index is 12.3. The van der Waals surface area contributed by atoms with Crippen LogP contribution in [0.4, 0.5) is 11.4 Å². The maximum Gasteiger partial charge on any atom is 0.247 e. The number of rotatable bonds is 8. The minimum Gasteiger partial charge on any atom is -0.421 e. The largest absolute Gasteiger partial charge is 0.421 e. The summed E-state index contributed by atoms with van der Waals surface area (Å²) in [5.74, 6) is 0.790. The molecule has 1 aromatic carbocycles. The van der Waals surface area contributed by atoms with Gasteiger partial charge in [0.25, 0.3) is 0 Å². The van der Waals surface area contributed by atoms with E-state index < -0.39 is 0 Å². The second-order valence-electron chi connectivity index (χ2n) is 6.46. The van der Waals surface area contributed by atoms with Crippen molar-refractivity contribution in [2.75, 3.05) is 23.3 Å². The number of carbonyl (C=O) groups excluding carboxylic acids is 1. The molecule has 3 rings (SSSR count). The van der Waals surface area contributed by atoms with Crippen LogP contribution < -0.4 is 10.2 Å². The molecule has 7 nitrogen and oxygen atoms in total. The molecule has 0 aliphatic heterocycles. The van der Waals surface area contributed by atoms with Crippen molar-refractivity contribution in [2.45, 2.75) is 33.6 Å². The van der Waals surface area contributed by atoms with Crippen LogP contribution in [0.25, 0.3) is 11.5 Å². The average Bonchev–Trinajstić information content (AvgIpc) is 3.19. The fraction of sp³-hybridized carbons (Fsp3) is 0.333. The number of hydrogen-bond donors (Lipinski definition) is 1. The molecule has 0 aliphatic rings. The lowest BCUT2D eigenvalue weighted by atomic mass is 10.1. The van der Waals surface area contributed by atoms with Crippen LogP contribution in [-0.2, 0) is 11.2 Å². The van der Waals surface area contributed by atoms with Gasteiger partial charge in [0, 0.05) is 55.3 Å². The second-order valence-corrected chi connectivity index (χ2v) is 6.46. The van der Waals surface area contributed by atoms with Crippen molar-refractivity contribution in [2.24, 2.45) is 0 Å². The molecule has 1 amide bonds. The summed E-state index contributed by atoms with van der Waals surface area (Å²) < 4.78 is 5.63. The predicted molar refractivity (Wildman–Crippen MR) is 109 cm³/mol. The van der Waals surface area contributed by atoms with E-state index in [0.717, 1.165) is 35.6 Å². The van der Waals surface area contributed by atoms with Gasteiger partial charge < -0.3 is 14.6 Å². The first-order valence-corrected chi connectivity index (χ1v) is 9.49. The van der Waals surface area contributed by atoms with Crippen LogP contribution in [0, 0.1) is 6.92 Å². The molecule has 0 spiro atoms. The number of pyridine rings is 1. The van der Waals surface area contributed by atoms with Crippen LogP contribution in [0.1, 0.15) is 31.7 Å². The van der Waals surface area contributed by atoms with Gasteiger partial charge in [0.1, 0.15) is 0 Å². The average molecular weight is 379 g/mol. The van der Waals surface area contributed by atoms with Crippen LogP contribution >= 0.6 is 0 Å². The number of hydrogen-bond acceptors (Lipinski definition) is 6. The van der Waals surface area contributed by atoms with E-state index in [2.05, 4.69) is 45.3 Å². The lowest BCUT2D eigenvalue weighted by molar-refractivity contribution is -0.116. The van der Waals surface area contributed by atoms with Crippen LogP contribution in [0.5, 0.6) is 0 Å². The van der Waals surface area contributed by atoms with E-state index in [0.29, 0.717) is 18.2 Å². The van der Waals surface area contributed by atoms with Gasteiger partial charge in [-0.1, -0.05) is 0 Å². The normalized spacial score (nSPS) is 10.7. The zero-order valence-corrected chi connectivity index (χ0v) is 16.5. The summed E-state index contributed by atoms with van der Waals surface area (Å²) in [6.07, 6.45) is 4.00. The molecular weight excluding hydrogens is 354 g/mol. The predicted octanol–water partition coefficient (Wildman–Crippen LogP) is 3.86. The third-order valence-corrected chi connectivity index (χ3v) is 4.57. The van der Waals surface area contributed by atoms with Crippen molar-refractivity contribution >= 4 is 17.3 Å². The third kappa shape index (κ3) is 4.73. The fourth-order valence-corrected chi connectivity index (χ4v) is 2.97. The summed E-state index contributed by atoms with van der Waals surface area (Å²) in [5.41, 5.74) is 3.83. The molecule has 146 valence electrons. The second kappa shape index (κ2) is 9.12. The monoisotopic (exact) mass is 379 g/mol. The highest BCUT2D eigenvalue weighted by molar-refractivity contribution is 5.91. The summed E-state index contributed by atoms with van der Waals surface area (Å²) in [7, 11) is 0. The summed E-state index contributed by atoms with van der Waals surface area (Å²) in [5, 5.41) is 11.0. The summed E-state index contributed by atoms with van der Waals surface area (Å²) in [4.78, 5) is 18.6. The topological polar surface area (TPSA) is 84.2 Å². The fourth-order valence-electron chi connectivity index (χ4n) is 2.97. The molecule has 1 N–H and O–H groups in total. The molecule has 0 atom stereocenters. The molecule has 3 aromatic rings. The molecule has 0 bridgehead atoms. The quantitative estimate of drug-likeness (QED) is 0.640. The van der Waals surface area contributed by atoms with Gasteiger partial charge in [-0.25, -0.2) is 0 Å². The Kier molecular flexibility index (Phi) is 6.37. The number of aryl methyl sites for hydroxylation is 2. The maximum atomic E-state index is 12.3. The van der Waals surface area contributed by atoms with Gasteiger partial charge in [0.05, 0.1) is 0 Å². The van der Waals surface area contributed by atoms with E-state index in [4.69, 9.17) is 4.42 Å². The van der Waals surface area contributed by atoms with E-state index in [1.165, 1.54) is 0 Å². The smallest absolute Gasteiger partial charge is 0.247 e. The molecule has 0 fully saturated rings. The van der Waals surface area contributed by atoms with Crippen molar-refractivity contribution in [3.8, 4) is 11.5 Å². The van der Waals surface area contributed by atoms with Crippen molar-refractivity contribution in [1.82, 2.24) is 15.2 Å². The molecule has 0 unspecified atom stereocenters. The number of aromatic nitrogens is 3. The summed E-state index contributed by atoms with van der Waals surface area (Å²) >= 11 is 0. The van der Waals surface area contributed by atoms with Gasteiger partial charge in [-0.15, -0.1) is 10.2 Å². The Balaban J connectivity index is 1.57. The van der Waals surface area contributed by atoms with E-state index >= 15 is 0 Å². The standard InChI is InChI=1S/C21H25N5O2/c1-4-26(5-2)17-6-7-18(15(3)14-17)23-19(27)8-9-20-24-25-21(28-20)16-10-12-22-13-11-16/h6-7,10-14H,4-5,8-9H2,1-3H3,(H,23,27). The Morgan fingerprint density at radius 2 is 1.86 bits per heavy atom. The minimum absolute atomic E-state index is 0.0812. The van der Waals surface area contributed by atoms with Gasteiger partial charge in [0.2, 0.25) is 17.7 Å². The van der Waals surface area contributed by atoms with Gasteiger partial charge in [0.15, 0.2) is 0 Å². The number of amides is 1. The molecule has 0 saturated carbocycles. The SMILES string of the molecule is CCN(CC)c1ccc(NC(=O)CCc2nnc(-c3ccncc3)o2)c(C)c1. The Morgan fingerprint density at radius 3 is 2.54 bits per heavy atom. The Hall–Kier alpha value is -3.22. The Bertz CT molecular complexity index is 920. The number of carbonyl (C=O) groups is 1. The van der Waals surface area contributed by atoms with E-state index in [1.807, 2.05) is 19.1 Å².